The smallest absolute Gasteiger partial charge is 0.158 e. The Balaban J connectivity index is 2.12. The zero-order valence-electron chi connectivity index (χ0n) is 14.1. The van der Waals surface area contributed by atoms with Gasteiger partial charge in [-0.3, -0.25) is 0 Å². The molecule has 4 nitrogen and oxygen atoms in total. The largest absolute Gasteiger partial charge is 0.396 e. The number of nitrogens with one attached hydrogen (secondary N) is 1. The number of thioether (sulfide) groups is 1. The lowest BCUT2D eigenvalue weighted by atomic mass is 9.90. The van der Waals surface area contributed by atoms with Gasteiger partial charge in [-0.15, -0.1) is 11.8 Å². The fourth-order valence-electron chi connectivity index (χ4n) is 3.78. The van der Waals surface area contributed by atoms with E-state index in [0.717, 1.165) is 26.0 Å². The van der Waals surface area contributed by atoms with E-state index >= 15 is 0 Å². The van der Waals surface area contributed by atoms with Crippen molar-refractivity contribution < 1.29 is 9.84 Å². The second-order valence-electron chi connectivity index (χ2n) is 6.47. The fraction of sp³-hybridized carbons (Fsp3) is 0.556. The molecule has 2 N–H and O–H groups in total. The Kier molecular flexibility index (Phi) is 5.01. The molecule has 2 aromatic rings. The van der Waals surface area contributed by atoms with Gasteiger partial charge in [-0.2, -0.15) is 0 Å². The predicted octanol–water partition coefficient (Wildman–Crippen LogP) is 2.82. The minimum atomic E-state index is -0.417. The zero-order chi connectivity index (χ0) is 16.4. The number of hydrogen-bond acceptors (Lipinski definition) is 4. The van der Waals surface area contributed by atoms with Crippen LogP contribution in [0.5, 0.6) is 0 Å². The molecule has 2 heterocycles. The highest BCUT2D eigenvalue weighted by Gasteiger charge is 2.46. The molecule has 0 saturated carbocycles. The molecule has 1 aromatic carbocycles. The maximum absolute atomic E-state index is 9.58. The minimum absolute atomic E-state index is 0.180. The third-order valence-corrected chi connectivity index (χ3v) is 6.00. The monoisotopic (exact) mass is 334 g/mol. The van der Waals surface area contributed by atoms with Crippen LogP contribution in [0.4, 0.5) is 0 Å². The number of aromatic nitrogens is 1. The molecule has 0 bridgehead atoms. The summed E-state index contributed by atoms with van der Waals surface area (Å²) in [6.07, 6.45) is 3.78. The van der Waals surface area contributed by atoms with Gasteiger partial charge in [0.1, 0.15) is 0 Å². The summed E-state index contributed by atoms with van der Waals surface area (Å²) >= 11 is 1.75. The number of para-hydroxylation sites is 1. The Hall–Kier alpha value is -1.01. The number of aliphatic hydroxyl groups excluding tert-OH is 1. The molecule has 0 amide bonds. The van der Waals surface area contributed by atoms with Gasteiger partial charge in [0.25, 0.3) is 0 Å². The van der Waals surface area contributed by atoms with E-state index in [4.69, 9.17) is 4.74 Å². The van der Waals surface area contributed by atoms with Crippen molar-refractivity contribution in [2.75, 3.05) is 40.1 Å². The number of rotatable bonds is 6. The van der Waals surface area contributed by atoms with Crippen LogP contribution in [0.2, 0.25) is 0 Å². The molecular weight excluding hydrogens is 308 g/mol. The standard InChI is InChI=1S/C18H26N2O2S/c1-20(2)12-13(8-10-21)18(23-3)17-15(9-11-22-18)14-6-4-5-7-16(14)19-17/h4-7,13,19,21H,8-12H2,1-3H3. The molecule has 1 aliphatic heterocycles. The Bertz CT molecular complexity index is 670. The minimum Gasteiger partial charge on any atom is -0.396 e. The Morgan fingerprint density at radius 2 is 2.17 bits per heavy atom. The molecule has 0 radical (unpaired) electrons. The van der Waals surface area contributed by atoms with E-state index in [-0.39, 0.29) is 12.5 Å². The molecule has 126 valence electrons. The van der Waals surface area contributed by atoms with Crippen LogP contribution >= 0.6 is 11.8 Å². The molecule has 0 aliphatic carbocycles. The summed E-state index contributed by atoms with van der Waals surface area (Å²) in [4.78, 5) is 5.39. The third kappa shape index (κ3) is 2.91. The molecule has 1 aliphatic rings. The molecule has 2 unspecified atom stereocenters. The number of benzene rings is 1. The molecule has 1 aromatic heterocycles. The van der Waals surface area contributed by atoms with E-state index in [1.54, 1.807) is 11.8 Å². The van der Waals surface area contributed by atoms with Gasteiger partial charge in [-0.05, 0) is 44.8 Å². The maximum atomic E-state index is 9.58. The van der Waals surface area contributed by atoms with Crippen molar-refractivity contribution in [3.63, 3.8) is 0 Å². The summed E-state index contributed by atoms with van der Waals surface area (Å²) in [7, 11) is 4.15. The van der Waals surface area contributed by atoms with Crippen molar-refractivity contribution in [3.05, 3.63) is 35.5 Å². The second kappa shape index (κ2) is 6.85. The predicted molar refractivity (Wildman–Crippen MR) is 96.9 cm³/mol. The molecular formula is C18H26N2O2S. The molecule has 0 spiro atoms. The molecule has 23 heavy (non-hydrogen) atoms. The van der Waals surface area contributed by atoms with Gasteiger partial charge in [-0.25, -0.2) is 0 Å². The van der Waals surface area contributed by atoms with Gasteiger partial charge in [0, 0.05) is 30.0 Å². The Morgan fingerprint density at radius 3 is 2.87 bits per heavy atom. The number of H-pyrrole nitrogens is 1. The van der Waals surface area contributed by atoms with Crippen LogP contribution in [0.15, 0.2) is 24.3 Å². The highest BCUT2D eigenvalue weighted by Crippen LogP contribution is 2.49. The number of aliphatic hydroxyl groups is 1. The first kappa shape index (κ1) is 16.8. The van der Waals surface area contributed by atoms with Gasteiger partial charge in [-0.1, -0.05) is 18.2 Å². The first-order chi connectivity index (χ1) is 11.1. The molecule has 0 fully saturated rings. The quantitative estimate of drug-likeness (QED) is 0.853. The zero-order valence-corrected chi connectivity index (χ0v) is 14.9. The first-order valence-electron chi connectivity index (χ1n) is 8.17. The molecule has 5 heteroatoms. The summed E-state index contributed by atoms with van der Waals surface area (Å²) in [5.41, 5.74) is 3.75. The summed E-state index contributed by atoms with van der Waals surface area (Å²) in [6.45, 7) is 1.79. The van der Waals surface area contributed by atoms with Crippen LogP contribution in [0.3, 0.4) is 0 Å². The third-order valence-electron chi connectivity index (χ3n) is 4.73. The van der Waals surface area contributed by atoms with E-state index in [9.17, 15) is 5.11 Å². The van der Waals surface area contributed by atoms with Gasteiger partial charge < -0.3 is 19.7 Å². The van der Waals surface area contributed by atoms with Crippen molar-refractivity contribution >= 4 is 22.7 Å². The van der Waals surface area contributed by atoms with Crippen LogP contribution in [0.25, 0.3) is 10.9 Å². The lowest BCUT2D eigenvalue weighted by molar-refractivity contribution is -0.0444. The number of aromatic amines is 1. The SMILES string of the molecule is CSC1(C(CCO)CN(C)C)OCCc2c1[nH]c1ccccc21. The Labute approximate surface area is 142 Å². The van der Waals surface area contributed by atoms with E-state index in [1.807, 2.05) is 0 Å². The lowest BCUT2D eigenvalue weighted by Crippen LogP contribution is -2.44. The van der Waals surface area contributed by atoms with Gasteiger partial charge in [0.05, 0.1) is 12.3 Å². The van der Waals surface area contributed by atoms with Crippen LogP contribution in [0, 0.1) is 5.92 Å². The Morgan fingerprint density at radius 1 is 1.39 bits per heavy atom. The van der Waals surface area contributed by atoms with Crippen LogP contribution in [-0.2, 0) is 16.1 Å². The second-order valence-corrected chi connectivity index (χ2v) is 7.48. The molecule has 2 atom stereocenters. The summed E-state index contributed by atoms with van der Waals surface area (Å²) in [5, 5.41) is 10.9. The van der Waals surface area contributed by atoms with Crippen molar-refractivity contribution in [2.45, 2.75) is 17.8 Å². The van der Waals surface area contributed by atoms with Gasteiger partial charge in [0.15, 0.2) is 4.93 Å². The van der Waals surface area contributed by atoms with Crippen molar-refractivity contribution in [1.82, 2.24) is 9.88 Å². The number of nitrogens with zero attached hydrogens (tertiary/aromatic N) is 1. The average Bonchev–Trinajstić information content (AvgIpc) is 2.93. The van der Waals surface area contributed by atoms with E-state index in [2.05, 4.69) is 54.5 Å². The average molecular weight is 334 g/mol. The molecule has 3 rings (SSSR count). The van der Waals surface area contributed by atoms with Crippen LogP contribution in [-0.4, -0.2) is 55.1 Å². The number of fused-ring (bicyclic) bond motifs is 3. The van der Waals surface area contributed by atoms with Crippen molar-refractivity contribution in [2.24, 2.45) is 5.92 Å². The number of hydrogen-bond donors (Lipinski definition) is 2. The van der Waals surface area contributed by atoms with E-state index in [0.29, 0.717) is 0 Å². The van der Waals surface area contributed by atoms with Gasteiger partial charge >= 0.3 is 0 Å². The van der Waals surface area contributed by atoms with Crippen LogP contribution in [0.1, 0.15) is 17.7 Å². The summed E-state index contributed by atoms with van der Waals surface area (Å²) < 4.78 is 6.38. The first-order valence-corrected chi connectivity index (χ1v) is 9.39. The van der Waals surface area contributed by atoms with Crippen molar-refractivity contribution in [3.8, 4) is 0 Å². The maximum Gasteiger partial charge on any atom is 0.158 e. The normalized spacial score (nSPS) is 22.5. The van der Waals surface area contributed by atoms with E-state index in [1.165, 1.54) is 22.2 Å². The van der Waals surface area contributed by atoms with Gasteiger partial charge in [0.2, 0.25) is 0 Å². The summed E-state index contributed by atoms with van der Waals surface area (Å²) in [6, 6.07) is 8.48. The number of ether oxygens (including phenoxy) is 1. The topological polar surface area (TPSA) is 48.5 Å². The highest BCUT2D eigenvalue weighted by atomic mass is 32.2. The highest BCUT2D eigenvalue weighted by molar-refractivity contribution is 7.99. The lowest BCUT2D eigenvalue weighted by Gasteiger charge is -2.43. The van der Waals surface area contributed by atoms with Crippen LogP contribution < -0.4 is 0 Å². The molecule has 0 saturated heterocycles. The summed E-state index contributed by atoms with van der Waals surface area (Å²) in [5.74, 6) is 0.226. The van der Waals surface area contributed by atoms with Crippen molar-refractivity contribution in [1.29, 1.82) is 0 Å². The van der Waals surface area contributed by atoms with E-state index < -0.39 is 4.93 Å². The fourth-order valence-corrected chi connectivity index (χ4v) is 4.89.